The first-order valence-electron chi connectivity index (χ1n) is 2.67. The van der Waals surface area contributed by atoms with Gasteiger partial charge in [0.15, 0.2) is 0 Å². The van der Waals surface area contributed by atoms with E-state index in [1.807, 2.05) is 0 Å². The van der Waals surface area contributed by atoms with Gasteiger partial charge in [-0.1, -0.05) is 0 Å². The summed E-state index contributed by atoms with van der Waals surface area (Å²) in [5.74, 6) is 1.37. The zero-order valence-corrected chi connectivity index (χ0v) is 9.22. The summed E-state index contributed by atoms with van der Waals surface area (Å²) in [6.07, 6.45) is 4.26. The molecule has 0 aromatic rings. The zero-order chi connectivity index (χ0) is 5.11. The Morgan fingerprint density at radius 2 is 2.12 bits per heavy atom. The van der Waals surface area contributed by atoms with Crippen LogP contribution in [0.5, 0.6) is 0 Å². The molecule has 1 atom stereocenters. The number of hydrogen-bond donors (Lipinski definition) is 0. The van der Waals surface area contributed by atoms with Gasteiger partial charge in [0.2, 0.25) is 0 Å². The van der Waals surface area contributed by atoms with Gasteiger partial charge in [0.25, 0.3) is 0 Å². The second-order valence-electron chi connectivity index (χ2n) is 1.80. The number of rotatable bonds is 0. The van der Waals surface area contributed by atoms with Gasteiger partial charge in [-0.3, -0.25) is 0 Å². The molecule has 2 radical (unpaired) electrons. The molecule has 0 nitrogen and oxygen atoms in total. The van der Waals surface area contributed by atoms with E-state index < -0.39 is 0 Å². The fraction of sp³-hybridized carbons (Fsp3) is 1.00. The van der Waals surface area contributed by atoms with Crippen molar-refractivity contribution in [3.63, 3.8) is 0 Å². The Balaban J connectivity index is 0.000000490. The maximum absolute atomic E-state index is 3.14. The summed E-state index contributed by atoms with van der Waals surface area (Å²) < 4.78 is 0.828. The first-order valence-corrected chi connectivity index (χ1v) is 4.71. The molecule has 1 aliphatic heterocycles. The van der Waals surface area contributed by atoms with Crippen LogP contribution >= 0.6 is 11.8 Å². The first kappa shape index (κ1) is 9.61. The third kappa shape index (κ3) is 3.60. The number of hydrogen-bond acceptors (Lipinski definition) is 1. The summed E-state index contributed by atoms with van der Waals surface area (Å²) in [5, 5.41) is 0. The van der Waals surface area contributed by atoms with Crippen molar-refractivity contribution in [3.8, 4) is 0 Å². The molecule has 0 aromatic heterocycles. The SMILES string of the molecule is [Au].[Se]C1CCCCS1. The van der Waals surface area contributed by atoms with Gasteiger partial charge in [0, 0.05) is 22.4 Å². The summed E-state index contributed by atoms with van der Waals surface area (Å²) >= 11 is 5.20. The topological polar surface area (TPSA) is 0 Å². The summed E-state index contributed by atoms with van der Waals surface area (Å²) in [5.41, 5.74) is 0. The Morgan fingerprint density at radius 1 is 1.38 bits per heavy atom. The molecule has 0 amide bonds. The summed E-state index contributed by atoms with van der Waals surface area (Å²) in [7, 11) is 0. The molecular weight excluding hydrogens is 368 g/mol. The Bertz CT molecular complexity index is 54.4. The predicted molar refractivity (Wildman–Crippen MR) is 35.9 cm³/mol. The van der Waals surface area contributed by atoms with Crippen LogP contribution < -0.4 is 0 Å². The quantitative estimate of drug-likeness (QED) is 0.576. The van der Waals surface area contributed by atoms with Gasteiger partial charge in [-0.25, -0.2) is 0 Å². The minimum atomic E-state index is 0. The molecule has 0 bridgehead atoms. The van der Waals surface area contributed by atoms with E-state index in [1.165, 1.54) is 25.0 Å². The van der Waals surface area contributed by atoms with Gasteiger partial charge in [-0.15, -0.1) is 0 Å². The molecule has 3 heteroatoms. The van der Waals surface area contributed by atoms with Gasteiger partial charge in [0.1, 0.15) is 0 Å². The van der Waals surface area contributed by atoms with Crippen LogP contribution in [0.3, 0.4) is 0 Å². The van der Waals surface area contributed by atoms with Crippen LogP contribution in [-0.4, -0.2) is 25.9 Å². The normalized spacial score (nSPS) is 28.9. The molecule has 0 N–H and O–H groups in total. The van der Waals surface area contributed by atoms with Crippen molar-refractivity contribution in [2.24, 2.45) is 0 Å². The molecule has 1 heterocycles. The predicted octanol–water partition coefficient (Wildman–Crippen LogP) is 1.40. The second-order valence-corrected chi connectivity index (χ2v) is 4.97. The molecule has 0 aromatic carbocycles. The Morgan fingerprint density at radius 3 is 2.38 bits per heavy atom. The third-order valence-electron chi connectivity index (χ3n) is 1.14. The van der Waals surface area contributed by atoms with Crippen LogP contribution in [0.15, 0.2) is 0 Å². The summed E-state index contributed by atoms with van der Waals surface area (Å²) in [6.45, 7) is 0. The first-order chi connectivity index (χ1) is 3.39. The summed E-state index contributed by atoms with van der Waals surface area (Å²) in [4.78, 5) is 0. The van der Waals surface area contributed by atoms with E-state index in [0.717, 1.165) is 4.15 Å². The molecule has 0 saturated carbocycles. The van der Waals surface area contributed by atoms with E-state index in [2.05, 4.69) is 27.8 Å². The third-order valence-corrected chi connectivity index (χ3v) is 3.62. The van der Waals surface area contributed by atoms with Crippen molar-refractivity contribution in [2.75, 3.05) is 5.75 Å². The average Bonchev–Trinajstić information content (AvgIpc) is 1.69. The molecule has 1 aliphatic rings. The monoisotopic (exact) mass is 378 g/mol. The Labute approximate surface area is 78.9 Å². The maximum atomic E-state index is 3.14. The van der Waals surface area contributed by atoms with Gasteiger partial charge >= 0.3 is 56.9 Å². The molecular formula is C5H9AuSSe. The van der Waals surface area contributed by atoms with Crippen molar-refractivity contribution in [1.29, 1.82) is 0 Å². The molecule has 1 rings (SSSR count). The van der Waals surface area contributed by atoms with Gasteiger partial charge < -0.3 is 0 Å². The van der Waals surface area contributed by atoms with Crippen LogP contribution in [0.2, 0.25) is 0 Å². The fourth-order valence-corrected chi connectivity index (χ4v) is 2.63. The van der Waals surface area contributed by atoms with Crippen molar-refractivity contribution < 1.29 is 22.4 Å². The Hall–Kier alpha value is 1.61. The Kier molecular flexibility index (Phi) is 6.49. The number of thioether (sulfide) groups is 1. The van der Waals surface area contributed by atoms with E-state index >= 15 is 0 Å². The molecule has 0 spiro atoms. The van der Waals surface area contributed by atoms with E-state index in [1.54, 1.807) is 0 Å². The van der Waals surface area contributed by atoms with Gasteiger partial charge in [-0.2, -0.15) is 0 Å². The molecule has 8 heavy (non-hydrogen) atoms. The fourth-order valence-electron chi connectivity index (χ4n) is 0.711. The van der Waals surface area contributed by atoms with Gasteiger partial charge in [-0.05, 0) is 0 Å². The molecule has 1 unspecified atom stereocenters. The summed E-state index contributed by atoms with van der Waals surface area (Å²) in [6, 6.07) is 0. The van der Waals surface area contributed by atoms with Crippen molar-refractivity contribution in [3.05, 3.63) is 0 Å². The van der Waals surface area contributed by atoms with E-state index in [4.69, 9.17) is 0 Å². The minimum absolute atomic E-state index is 0. The van der Waals surface area contributed by atoms with Crippen LogP contribution in [0.4, 0.5) is 0 Å². The molecule has 0 aliphatic carbocycles. The average molecular weight is 377 g/mol. The standard InChI is InChI=1S/C5H9SSe.Au/c7-5-3-1-2-4-6-5;/h5H,1-4H2;. The van der Waals surface area contributed by atoms with Crippen LogP contribution in [0, 0.1) is 0 Å². The molecule has 52 valence electrons. The second kappa shape index (κ2) is 5.40. The van der Waals surface area contributed by atoms with E-state index in [0.29, 0.717) is 0 Å². The van der Waals surface area contributed by atoms with Crippen molar-refractivity contribution in [1.82, 2.24) is 0 Å². The zero-order valence-electron chi connectivity index (χ0n) is 4.52. The van der Waals surface area contributed by atoms with Crippen LogP contribution in [0.25, 0.3) is 0 Å². The van der Waals surface area contributed by atoms with E-state index in [-0.39, 0.29) is 22.4 Å². The molecule has 1 fully saturated rings. The van der Waals surface area contributed by atoms with E-state index in [9.17, 15) is 0 Å². The van der Waals surface area contributed by atoms with Crippen molar-refractivity contribution >= 4 is 27.8 Å². The van der Waals surface area contributed by atoms with Crippen molar-refractivity contribution in [2.45, 2.75) is 23.4 Å². The molecule has 1 saturated heterocycles. The van der Waals surface area contributed by atoms with Crippen LogP contribution in [-0.2, 0) is 22.4 Å². The van der Waals surface area contributed by atoms with Gasteiger partial charge in [0.05, 0.1) is 0 Å². The van der Waals surface area contributed by atoms with Crippen LogP contribution in [0.1, 0.15) is 19.3 Å².